The number of carbonyl (C=O) groups is 1. The maximum absolute atomic E-state index is 12.3. The monoisotopic (exact) mass is 338 g/mol. The van der Waals surface area contributed by atoms with E-state index in [0.717, 1.165) is 21.8 Å². The van der Waals surface area contributed by atoms with Gasteiger partial charge in [-0.2, -0.15) is 0 Å². The molecule has 122 valence electrons. The number of nitrogen functional groups attached to an aromatic ring is 1. The Balaban J connectivity index is 1.67. The van der Waals surface area contributed by atoms with Gasteiger partial charge in [-0.05, 0) is 42.2 Å². The second-order valence-electron chi connectivity index (χ2n) is 5.36. The lowest BCUT2D eigenvalue weighted by atomic mass is 10.2. The lowest BCUT2D eigenvalue weighted by molar-refractivity contribution is 0.102. The molecule has 0 atom stereocenters. The van der Waals surface area contributed by atoms with E-state index >= 15 is 0 Å². The second kappa shape index (κ2) is 7.23. The zero-order valence-corrected chi connectivity index (χ0v) is 14.1. The van der Waals surface area contributed by atoms with Crippen LogP contribution in [0.25, 0.3) is 0 Å². The number of hydrogen-bond donors (Lipinski definition) is 2. The summed E-state index contributed by atoms with van der Waals surface area (Å²) < 4.78 is 1.87. The van der Waals surface area contributed by atoms with Gasteiger partial charge in [0.2, 0.25) is 0 Å². The summed E-state index contributed by atoms with van der Waals surface area (Å²) in [5.41, 5.74) is 8.67. The molecular weight excluding hydrogens is 320 g/mol. The van der Waals surface area contributed by atoms with Gasteiger partial charge in [-0.1, -0.05) is 18.2 Å². The molecule has 0 bridgehead atoms. The van der Waals surface area contributed by atoms with Crippen LogP contribution in [0.4, 0.5) is 11.4 Å². The molecule has 5 nitrogen and oxygen atoms in total. The van der Waals surface area contributed by atoms with Crippen molar-refractivity contribution in [3.8, 4) is 0 Å². The third kappa shape index (κ3) is 3.97. The van der Waals surface area contributed by atoms with Crippen LogP contribution in [-0.2, 0) is 6.54 Å². The van der Waals surface area contributed by atoms with Gasteiger partial charge in [0.25, 0.3) is 5.91 Å². The number of anilines is 2. The predicted molar refractivity (Wildman–Crippen MR) is 98.4 cm³/mol. The molecule has 1 amide bonds. The number of rotatable bonds is 5. The molecule has 0 fully saturated rings. The topological polar surface area (TPSA) is 72.9 Å². The number of nitrogens with two attached hydrogens (primary N) is 1. The van der Waals surface area contributed by atoms with Crippen molar-refractivity contribution in [2.75, 3.05) is 17.3 Å². The molecule has 3 N–H and O–H groups in total. The number of hydrogen-bond acceptors (Lipinski definition) is 4. The number of nitrogens with zero attached hydrogens (tertiary/aromatic N) is 2. The molecule has 1 heterocycles. The van der Waals surface area contributed by atoms with Gasteiger partial charge in [0, 0.05) is 29.0 Å². The largest absolute Gasteiger partial charge is 0.399 e. The van der Waals surface area contributed by atoms with Crippen LogP contribution in [0.15, 0.2) is 66.0 Å². The molecule has 0 aliphatic heterocycles. The SMILES string of the molecule is CSc1cccc(NC(=O)c2cn(Cc3ccc(N)cc3)cn2)c1. The van der Waals surface area contributed by atoms with E-state index in [1.807, 2.05) is 59.4 Å². The maximum atomic E-state index is 12.3. The van der Waals surface area contributed by atoms with Crippen molar-refractivity contribution in [2.24, 2.45) is 0 Å². The van der Waals surface area contributed by atoms with Crippen molar-refractivity contribution >= 4 is 29.0 Å². The molecule has 0 aliphatic rings. The zero-order chi connectivity index (χ0) is 16.9. The second-order valence-corrected chi connectivity index (χ2v) is 6.24. The summed E-state index contributed by atoms with van der Waals surface area (Å²) in [4.78, 5) is 17.6. The van der Waals surface area contributed by atoms with Crippen molar-refractivity contribution in [3.05, 3.63) is 72.3 Å². The first kappa shape index (κ1) is 16.1. The Labute approximate surface area is 144 Å². The van der Waals surface area contributed by atoms with Crippen molar-refractivity contribution in [3.63, 3.8) is 0 Å². The molecule has 0 saturated heterocycles. The van der Waals surface area contributed by atoms with Gasteiger partial charge in [0.15, 0.2) is 0 Å². The minimum atomic E-state index is -0.218. The Morgan fingerprint density at radius 1 is 1.25 bits per heavy atom. The quantitative estimate of drug-likeness (QED) is 0.552. The highest BCUT2D eigenvalue weighted by Gasteiger charge is 2.10. The molecular formula is C18H18N4OS. The Morgan fingerprint density at radius 3 is 2.79 bits per heavy atom. The molecule has 3 rings (SSSR count). The molecule has 3 aromatic rings. The fourth-order valence-electron chi connectivity index (χ4n) is 2.29. The minimum absolute atomic E-state index is 0.218. The summed E-state index contributed by atoms with van der Waals surface area (Å²) in [6, 6.07) is 15.4. The summed E-state index contributed by atoms with van der Waals surface area (Å²) in [5.74, 6) is -0.218. The number of aromatic nitrogens is 2. The average molecular weight is 338 g/mol. The summed E-state index contributed by atoms with van der Waals surface area (Å²) >= 11 is 1.63. The summed E-state index contributed by atoms with van der Waals surface area (Å²) in [6.45, 7) is 0.641. The normalized spacial score (nSPS) is 10.5. The highest BCUT2D eigenvalue weighted by Crippen LogP contribution is 2.19. The van der Waals surface area contributed by atoms with E-state index < -0.39 is 0 Å². The van der Waals surface area contributed by atoms with E-state index in [-0.39, 0.29) is 5.91 Å². The molecule has 0 radical (unpaired) electrons. The van der Waals surface area contributed by atoms with Gasteiger partial charge in [-0.15, -0.1) is 11.8 Å². The average Bonchev–Trinajstić information content (AvgIpc) is 3.06. The molecule has 0 aliphatic carbocycles. The highest BCUT2D eigenvalue weighted by atomic mass is 32.2. The fourth-order valence-corrected chi connectivity index (χ4v) is 2.75. The standard InChI is InChI=1S/C18H18N4OS/c1-24-16-4-2-3-15(9-16)21-18(23)17-11-22(12-20-17)10-13-5-7-14(19)8-6-13/h2-9,11-12H,10,19H2,1H3,(H,21,23). The molecule has 24 heavy (non-hydrogen) atoms. The van der Waals surface area contributed by atoms with Crippen LogP contribution >= 0.6 is 11.8 Å². The Kier molecular flexibility index (Phi) is 4.86. The number of imidazole rings is 1. The van der Waals surface area contributed by atoms with Crippen LogP contribution in [0.3, 0.4) is 0 Å². The van der Waals surface area contributed by atoms with Crippen LogP contribution in [0.2, 0.25) is 0 Å². The van der Waals surface area contributed by atoms with E-state index in [1.165, 1.54) is 0 Å². The summed E-state index contributed by atoms with van der Waals surface area (Å²) in [6.07, 6.45) is 5.40. The van der Waals surface area contributed by atoms with Crippen LogP contribution in [0.5, 0.6) is 0 Å². The van der Waals surface area contributed by atoms with E-state index in [9.17, 15) is 4.79 Å². The van der Waals surface area contributed by atoms with Crippen LogP contribution < -0.4 is 11.1 Å². The van der Waals surface area contributed by atoms with Gasteiger partial charge < -0.3 is 15.6 Å². The smallest absolute Gasteiger partial charge is 0.275 e. The number of thioether (sulfide) groups is 1. The highest BCUT2D eigenvalue weighted by molar-refractivity contribution is 7.98. The van der Waals surface area contributed by atoms with E-state index in [4.69, 9.17) is 5.73 Å². The summed E-state index contributed by atoms with van der Waals surface area (Å²) in [5, 5.41) is 2.87. The van der Waals surface area contributed by atoms with Crippen molar-refractivity contribution in [1.29, 1.82) is 0 Å². The molecule has 0 saturated carbocycles. The van der Waals surface area contributed by atoms with Gasteiger partial charge >= 0.3 is 0 Å². The maximum Gasteiger partial charge on any atom is 0.275 e. The van der Waals surface area contributed by atoms with Crippen molar-refractivity contribution in [2.45, 2.75) is 11.4 Å². The van der Waals surface area contributed by atoms with Crippen LogP contribution in [-0.4, -0.2) is 21.7 Å². The van der Waals surface area contributed by atoms with E-state index in [2.05, 4.69) is 10.3 Å². The molecule has 1 aromatic heterocycles. The Bertz CT molecular complexity index is 842. The molecule has 0 spiro atoms. The first-order valence-corrected chi connectivity index (χ1v) is 8.68. The molecule has 2 aromatic carbocycles. The van der Waals surface area contributed by atoms with Crippen molar-refractivity contribution < 1.29 is 4.79 Å². The first-order valence-electron chi connectivity index (χ1n) is 7.45. The third-order valence-corrected chi connectivity index (χ3v) is 4.26. The zero-order valence-electron chi connectivity index (χ0n) is 13.3. The molecule has 0 unspecified atom stereocenters. The third-order valence-electron chi connectivity index (χ3n) is 3.54. The van der Waals surface area contributed by atoms with Gasteiger partial charge in [0.05, 0.1) is 6.33 Å². The lowest BCUT2D eigenvalue weighted by Gasteiger charge is -2.05. The fraction of sp³-hybridized carbons (Fsp3) is 0.111. The number of nitrogens with one attached hydrogen (secondary N) is 1. The number of benzene rings is 2. The van der Waals surface area contributed by atoms with Gasteiger partial charge in [0.1, 0.15) is 5.69 Å². The predicted octanol–water partition coefficient (Wildman–Crippen LogP) is 3.49. The Morgan fingerprint density at radius 2 is 2.04 bits per heavy atom. The summed E-state index contributed by atoms with van der Waals surface area (Å²) in [7, 11) is 0. The number of amides is 1. The minimum Gasteiger partial charge on any atom is -0.399 e. The van der Waals surface area contributed by atoms with Crippen LogP contribution in [0, 0.1) is 0 Å². The van der Waals surface area contributed by atoms with Crippen molar-refractivity contribution in [1.82, 2.24) is 9.55 Å². The van der Waals surface area contributed by atoms with E-state index in [0.29, 0.717) is 12.2 Å². The van der Waals surface area contributed by atoms with Crippen LogP contribution in [0.1, 0.15) is 16.1 Å². The number of carbonyl (C=O) groups excluding carboxylic acids is 1. The lowest BCUT2D eigenvalue weighted by Crippen LogP contribution is -2.12. The van der Waals surface area contributed by atoms with Gasteiger partial charge in [-0.25, -0.2) is 4.98 Å². The van der Waals surface area contributed by atoms with E-state index in [1.54, 1.807) is 24.3 Å². The first-order chi connectivity index (χ1) is 11.6. The van der Waals surface area contributed by atoms with Gasteiger partial charge in [-0.3, -0.25) is 4.79 Å². The Hall–Kier alpha value is -2.73. The molecule has 6 heteroatoms.